The van der Waals surface area contributed by atoms with Gasteiger partial charge in [-0.15, -0.1) is 0 Å². The van der Waals surface area contributed by atoms with E-state index in [1.165, 1.54) is 24.8 Å². The summed E-state index contributed by atoms with van der Waals surface area (Å²) in [5.41, 5.74) is 7.64. The van der Waals surface area contributed by atoms with Gasteiger partial charge in [0.25, 0.3) is 0 Å². The molecule has 0 fully saturated rings. The van der Waals surface area contributed by atoms with Crippen LogP contribution in [0.5, 0.6) is 0 Å². The third-order valence-corrected chi connectivity index (χ3v) is 5.56. The smallest absolute Gasteiger partial charge is 0.00607 e. The Bertz CT molecular complexity index is 519. The van der Waals surface area contributed by atoms with Gasteiger partial charge in [0.05, 0.1) is 0 Å². The molecule has 2 aliphatic rings. The average Bonchev–Trinajstić information content (AvgIpc) is 2.43. The van der Waals surface area contributed by atoms with Crippen LogP contribution in [0.2, 0.25) is 0 Å². The van der Waals surface area contributed by atoms with Gasteiger partial charge in [0.15, 0.2) is 0 Å². The molecule has 0 spiro atoms. The minimum atomic E-state index is 0.354. The van der Waals surface area contributed by atoms with E-state index in [2.05, 4.69) is 53.7 Å². The van der Waals surface area contributed by atoms with Crippen LogP contribution in [0.1, 0.15) is 76.1 Å². The zero-order valence-electron chi connectivity index (χ0n) is 12.8. The van der Waals surface area contributed by atoms with Crippen LogP contribution in [0.3, 0.4) is 0 Å². The van der Waals surface area contributed by atoms with Crippen LogP contribution in [-0.2, 0) is 16.2 Å². The highest BCUT2D eigenvalue weighted by Gasteiger charge is 2.50. The summed E-state index contributed by atoms with van der Waals surface area (Å²) < 4.78 is 0. The Labute approximate surface area is 112 Å². The predicted molar refractivity (Wildman–Crippen MR) is 78.4 cm³/mol. The van der Waals surface area contributed by atoms with Crippen LogP contribution < -0.4 is 0 Å². The van der Waals surface area contributed by atoms with Crippen LogP contribution in [-0.4, -0.2) is 0 Å². The molecule has 0 N–H and O–H groups in total. The molecule has 0 radical (unpaired) electrons. The van der Waals surface area contributed by atoms with Crippen molar-refractivity contribution < 1.29 is 0 Å². The maximum atomic E-state index is 2.50. The maximum absolute atomic E-state index is 2.50. The van der Waals surface area contributed by atoms with Gasteiger partial charge in [-0.2, -0.15) is 0 Å². The molecule has 0 aliphatic heterocycles. The number of benzene rings is 1. The van der Waals surface area contributed by atoms with Crippen LogP contribution in [0, 0.1) is 6.92 Å². The van der Waals surface area contributed by atoms with Gasteiger partial charge in [-0.1, -0.05) is 46.8 Å². The van der Waals surface area contributed by atoms with Gasteiger partial charge < -0.3 is 0 Å². The molecule has 0 amide bonds. The summed E-state index contributed by atoms with van der Waals surface area (Å²) in [5.74, 6) is 0. The van der Waals surface area contributed by atoms with Gasteiger partial charge in [-0.05, 0) is 64.7 Å². The fourth-order valence-corrected chi connectivity index (χ4v) is 4.86. The first-order valence-electron chi connectivity index (χ1n) is 7.32. The van der Waals surface area contributed by atoms with E-state index in [-0.39, 0.29) is 0 Å². The monoisotopic (exact) mass is 242 g/mol. The van der Waals surface area contributed by atoms with Crippen molar-refractivity contribution in [2.75, 3.05) is 0 Å². The Kier molecular flexibility index (Phi) is 2.19. The molecule has 0 nitrogen and oxygen atoms in total. The first kappa shape index (κ1) is 12.3. The van der Waals surface area contributed by atoms with Gasteiger partial charge in [-0.3, -0.25) is 0 Å². The van der Waals surface area contributed by atoms with Gasteiger partial charge in [0.2, 0.25) is 0 Å². The molecule has 0 bridgehead atoms. The van der Waals surface area contributed by atoms with Crippen LogP contribution in [0.15, 0.2) is 12.1 Å². The van der Waals surface area contributed by atoms with Crippen molar-refractivity contribution in [1.82, 2.24) is 0 Å². The Morgan fingerprint density at radius 1 is 0.833 bits per heavy atom. The van der Waals surface area contributed by atoms with E-state index < -0.39 is 0 Å². The number of aryl methyl sites for hydroxylation is 1. The Hall–Kier alpha value is -0.780. The zero-order valence-corrected chi connectivity index (χ0v) is 12.8. The first-order valence-corrected chi connectivity index (χ1v) is 7.32. The van der Waals surface area contributed by atoms with Gasteiger partial charge in [0, 0.05) is 0 Å². The molecular weight excluding hydrogens is 216 g/mol. The third kappa shape index (κ3) is 1.38. The molecule has 0 heterocycles. The summed E-state index contributed by atoms with van der Waals surface area (Å²) in [6.45, 7) is 14.5. The molecule has 0 aromatic heterocycles. The standard InChI is InChI=1S/C18H26/c1-12-7-8-13-15-14(12)16(2,3)9-10-18(15,6)11-17(13,4)5/h7-8H,9-11H2,1-6H3. The zero-order chi connectivity index (χ0) is 13.3. The molecule has 3 rings (SSSR count). The van der Waals surface area contributed by atoms with Gasteiger partial charge >= 0.3 is 0 Å². The van der Waals surface area contributed by atoms with Gasteiger partial charge in [0.1, 0.15) is 0 Å². The summed E-state index contributed by atoms with van der Waals surface area (Å²) in [4.78, 5) is 0. The predicted octanol–water partition coefficient (Wildman–Crippen LogP) is 5.01. The molecule has 98 valence electrons. The number of rotatable bonds is 0. The van der Waals surface area contributed by atoms with E-state index in [1.807, 2.05) is 0 Å². The molecular formula is C18H26. The lowest BCUT2D eigenvalue weighted by Crippen LogP contribution is -2.34. The molecule has 2 aliphatic carbocycles. The molecule has 0 saturated heterocycles. The van der Waals surface area contributed by atoms with Crippen molar-refractivity contribution in [3.05, 3.63) is 34.4 Å². The van der Waals surface area contributed by atoms with Crippen molar-refractivity contribution in [3.8, 4) is 0 Å². The van der Waals surface area contributed by atoms with E-state index in [9.17, 15) is 0 Å². The average molecular weight is 242 g/mol. The fraction of sp³-hybridized carbons (Fsp3) is 0.667. The summed E-state index contributed by atoms with van der Waals surface area (Å²) >= 11 is 0. The van der Waals surface area contributed by atoms with E-state index >= 15 is 0 Å². The summed E-state index contributed by atoms with van der Waals surface area (Å²) in [6.07, 6.45) is 4.01. The SMILES string of the molecule is Cc1ccc2c3c1C(C)(C)CCC3(C)CC2(C)C. The van der Waals surface area contributed by atoms with E-state index in [0.29, 0.717) is 16.2 Å². The second-order valence-electron chi connectivity index (χ2n) is 8.19. The fourth-order valence-electron chi connectivity index (χ4n) is 4.86. The quantitative estimate of drug-likeness (QED) is 0.600. The highest BCUT2D eigenvalue weighted by molar-refractivity contribution is 5.56. The lowest BCUT2D eigenvalue weighted by atomic mass is 9.62. The third-order valence-electron chi connectivity index (χ3n) is 5.56. The molecule has 0 saturated carbocycles. The normalized spacial score (nSPS) is 31.2. The second kappa shape index (κ2) is 3.21. The van der Waals surface area contributed by atoms with Crippen molar-refractivity contribution in [2.24, 2.45) is 0 Å². The lowest BCUT2D eigenvalue weighted by Gasteiger charge is -2.42. The summed E-state index contributed by atoms with van der Waals surface area (Å²) in [7, 11) is 0. The van der Waals surface area contributed by atoms with Crippen LogP contribution in [0.4, 0.5) is 0 Å². The second-order valence-corrected chi connectivity index (χ2v) is 8.19. The highest BCUT2D eigenvalue weighted by atomic mass is 14.5. The minimum absolute atomic E-state index is 0.354. The molecule has 1 aromatic carbocycles. The first-order chi connectivity index (χ1) is 8.17. The van der Waals surface area contributed by atoms with Crippen molar-refractivity contribution in [2.45, 2.75) is 77.0 Å². The molecule has 18 heavy (non-hydrogen) atoms. The summed E-state index contributed by atoms with van der Waals surface area (Å²) in [5, 5.41) is 0. The van der Waals surface area contributed by atoms with Crippen molar-refractivity contribution in [1.29, 1.82) is 0 Å². The minimum Gasteiger partial charge on any atom is -0.0587 e. The van der Waals surface area contributed by atoms with Crippen LogP contribution >= 0.6 is 0 Å². The largest absolute Gasteiger partial charge is 0.0587 e. The van der Waals surface area contributed by atoms with E-state index in [1.54, 1.807) is 16.7 Å². The molecule has 1 aromatic rings. The van der Waals surface area contributed by atoms with E-state index in [0.717, 1.165) is 0 Å². The highest BCUT2D eigenvalue weighted by Crippen LogP contribution is 2.59. The summed E-state index contributed by atoms with van der Waals surface area (Å²) in [6, 6.07) is 4.76. The number of hydrogen-bond acceptors (Lipinski definition) is 0. The topological polar surface area (TPSA) is 0 Å². The molecule has 1 atom stereocenters. The van der Waals surface area contributed by atoms with Gasteiger partial charge in [-0.25, -0.2) is 0 Å². The molecule has 1 unspecified atom stereocenters. The number of hydrogen-bond donors (Lipinski definition) is 0. The van der Waals surface area contributed by atoms with Crippen molar-refractivity contribution in [3.63, 3.8) is 0 Å². The Balaban J connectivity index is 2.39. The van der Waals surface area contributed by atoms with Crippen LogP contribution in [0.25, 0.3) is 0 Å². The van der Waals surface area contributed by atoms with E-state index in [4.69, 9.17) is 0 Å². The Morgan fingerprint density at radius 2 is 1.50 bits per heavy atom. The van der Waals surface area contributed by atoms with Crippen molar-refractivity contribution >= 4 is 0 Å². The Morgan fingerprint density at radius 3 is 2.17 bits per heavy atom. The maximum Gasteiger partial charge on any atom is -0.00607 e. The lowest BCUT2D eigenvalue weighted by molar-refractivity contribution is 0.286. The molecule has 0 heteroatoms.